The zero-order chi connectivity index (χ0) is 19.3. The van der Waals surface area contributed by atoms with Crippen LogP contribution in [0.3, 0.4) is 0 Å². The minimum absolute atomic E-state index is 0.0683. The van der Waals surface area contributed by atoms with Gasteiger partial charge in [-0.05, 0) is 57.3 Å². The molecule has 3 atom stereocenters. The molecule has 0 bridgehead atoms. The second-order valence-electron chi connectivity index (χ2n) is 7.68. The molecular weight excluding hydrogens is 358 g/mol. The van der Waals surface area contributed by atoms with Gasteiger partial charge in [-0.2, -0.15) is 0 Å². The summed E-state index contributed by atoms with van der Waals surface area (Å²) in [6, 6.07) is 0. The van der Waals surface area contributed by atoms with Crippen molar-refractivity contribution < 1.29 is 23.1 Å². The van der Waals surface area contributed by atoms with Crippen molar-refractivity contribution in [2.24, 2.45) is 5.11 Å². The van der Waals surface area contributed by atoms with Crippen LogP contribution >= 0.6 is 0 Å². The summed E-state index contributed by atoms with van der Waals surface area (Å²) in [6.07, 6.45) is -0.318. The number of rotatable bonds is 8. The van der Waals surface area contributed by atoms with Crippen LogP contribution in [0.4, 0.5) is 0 Å². The lowest BCUT2D eigenvalue weighted by atomic mass is 10.1. The highest BCUT2D eigenvalue weighted by Crippen LogP contribution is 2.34. The second-order valence-corrected chi connectivity index (χ2v) is 16.6. The second kappa shape index (κ2) is 8.97. The number of carbonyl (C=O) groups excluding carboxylic acids is 1. The minimum atomic E-state index is -1.95. The Morgan fingerprint density at radius 2 is 1.84 bits per heavy atom. The molecule has 1 fully saturated rings. The molecule has 1 rings (SSSR count). The summed E-state index contributed by atoms with van der Waals surface area (Å²) in [4.78, 5) is 14.8. The maximum absolute atomic E-state index is 12.0. The summed E-state index contributed by atoms with van der Waals surface area (Å²) in [5.41, 5.74) is 9.23. The summed E-state index contributed by atoms with van der Waals surface area (Å²) in [7, 11) is -3.87. The zero-order valence-electron chi connectivity index (χ0n) is 16.1. The largest absolute Gasteiger partial charge is 0.463 e. The van der Waals surface area contributed by atoms with Crippen LogP contribution in [0, 0.1) is 0 Å². The first kappa shape index (κ1) is 21.9. The molecule has 0 N–H and O–H groups in total. The number of esters is 1. The van der Waals surface area contributed by atoms with Crippen molar-refractivity contribution in [2.75, 3.05) is 13.2 Å². The Bertz CT molecular complexity index is 550. The Morgan fingerprint density at radius 3 is 2.32 bits per heavy atom. The first-order chi connectivity index (χ1) is 11.5. The lowest BCUT2D eigenvalue weighted by Gasteiger charge is -2.31. The van der Waals surface area contributed by atoms with Gasteiger partial charge in [0, 0.05) is 11.0 Å². The fourth-order valence-corrected chi connectivity index (χ4v) is 4.23. The molecule has 1 unspecified atom stereocenters. The molecule has 8 nitrogen and oxygen atoms in total. The summed E-state index contributed by atoms with van der Waals surface area (Å²) in [5, 5.41) is 3.59. The first-order valence-electron chi connectivity index (χ1n) is 8.37. The highest BCUT2D eigenvalue weighted by atomic mass is 28.4. The van der Waals surface area contributed by atoms with Gasteiger partial charge in [0.1, 0.15) is 6.10 Å². The van der Waals surface area contributed by atoms with Crippen molar-refractivity contribution in [3.8, 4) is 0 Å². The highest BCUT2D eigenvalue weighted by Gasteiger charge is 2.45. The molecule has 0 aromatic heterocycles. The van der Waals surface area contributed by atoms with Crippen molar-refractivity contribution >= 4 is 22.6 Å². The fourth-order valence-electron chi connectivity index (χ4n) is 2.35. The third kappa shape index (κ3) is 7.72. The Balaban J connectivity index is 3.22. The average molecular weight is 388 g/mol. The maximum atomic E-state index is 12.0. The molecule has 142 valence electrons. The SMILES string of the molecule is CCOC(=O)/C=C1\[C@@H](O[Si](C)(C)C)C(O[Si](C)(C)C)O[C@@H]1CN=[N+]=[N-]. The molecule has 0 aliphatic carbocycles. The molecule has 25 heavy (non-hydrogen) atoms. The van der Waals surface area contributed by atoms with Gasteiger partial charge in [-0.1, -0.05) is 5.11 Å². The Hall–Kier alpha value is -1.17. The van der Waals surface area contributed by atoms with Crippen LogP contribution < -0.4 is 0 Å². The Kier molecular flexibility index (Phi) is 7.85. The molecular formula is C15H29N3O5Si2. The Labute approximate surface area is 151 Å². The van der Waals surface area contributed by atoms with Crippen LogP contribution in [0.1, 0.15) is 6.92 Å². The van der Waals surface area contributed by atoms with E-state index >= 15 is 0 Å². The van der Waals surface area contributed by atoms with Crippen LogP contribution in [-0.4, -0.2) is 54.3 Å². The van der Waals surface area contributed by atoms with E-state index in [1.165, 1.54) is 6.08 Å². The summed E-state index contributed by atoms with van der Waals surface area (Å²) >= 11 is 0. The van der Waals surface area contributed by atoms with E-state index in [0.717, 1.165) is 0 Å². The van der Waals surface area contributed by atoms with E-state index in [1.807, 2.05) is 0 Å². The van der Waals surface area contributed by atoms with Gasteiger partial charge in [-0.15, -0.1) is 0 Å². The smallest absolute Gasteiger partial charge is 0.330 e. The summed E-state index contributed by atoms with van der Waals surface area (Å²) in [6.45, 7) is 14.4. The van der Waals surface area contributed by atoms with E-state index in [0.29, 0.717) is 5.57 Å². The van der Waals surface area contributed by atoms with Gasteiger partial charge in [0.25, 0.3) is 0 Å². The predicted octanol–water partition coefficient (Wildman–Crippen LogP) is 3.58. The molecule has 10 heteroatoms. The van der Waals surface area contributed by atoms with Crippen molar-refractivity contribution in [3.63, 3.8) is 0 Å². The van der Waals surface area contributed by atoms with Gasteiger partial charge in [0.05, 0.1) is 19.3 Å². The molecule has 1 saturated heterocycles. The van der Waals surface area contributed by atoms with Crippen molar-refractivity contribution in [1.29, 1.82) is 0 Å². The molecule has 0 aromatic carbocycles. The van der Waals surface area contributed by atoms with Crippen LogP contribution in [0.15, 0.2) is 16.8 Å². The molecule has 1 aliphatic rings. The zero-order valence-corrected chi connectivity index (χ0v) is 18.1. The van der Waals surface area contributed by atoms with Crippen LogP contribution in [0.25, 0.3) is 10.4 Å². The van der Waals surface area contributed by atoms with E-state index < -0.39 is 41.1 Å². The van der Waals surface area contributed by atoms with Gasteiger partial charge in [0.2, 0.25) is 0 Å². The van der Waals surface area contributed by atoms with Crippen LogP contribution in [-0.2, 0) is 23.1 Å². The number of hydrogen-bond donors (Lipinski definition) is 0. The lowest BCUT2D eigenvalue weighted by Crippen LogP contribution is -2.43. The van der Waals surface area contributed by atoms with Gasteiger partial charge < -0.3 is 18.3 Å². The number of carbonyl (C=O) groups is 1. The van der Waals surface area contributed by atoms with E-state index in [1.54, 1.807) is 6.92 Å². The number of ether oxygens (including phenoxy) is 2. The van der Waals surface area contributed by atoms with Crippen molar-refractivity contribution in [1.82, 2.24) is 0 Å². The molecule has 0 radical (unpaired) electrons. The van der Waals surface area contributed by atoms with E-state index in [-0.39, 0.29) is 13.2 Å². The number of nitrogens with zero attached hydrogens (tertiary/aromatic N) is 3. The minimum Gasteiger partial charge on any atom is -0.463 e. The topological polar surface area (TPSA) is 103 Å². The molecule has 1 heterocycles. The first-order valence-corrected chi connectivity index (χ1v) is 15.2. The van der Waals surface area contributed by atoms with Gasteiger partial charge in [0.15, 0.2) is 22.9 Å². The fraction of sp³-hybridized carbons (Fsp3) is 0.800. The molecule has 0 saturated carbocycles. The van der Waals surface area contributed by atoms with Gasteiger partial charge >= 0.3 is 5.97 Å². The third-order valence-electron chi connectivity index (χ3n) is 3.08. The quantitative estimate of drug-likeness (QED) is 0.158. The van der Waals surface area contributed by atoms with Gasteiger partial charge in [-0.25, -0.2) is 4.79 Å². The number of azide groups is 1. The standard InChI is InChI=1S/C15H29N3O5Si2/c1-8-20-13(19)9-11-12(10-17-18-16)21-15(23-25(5,6)7)14(11)22-24(2,3)4/h9,12,14-15H,8,10H2,1-7H3/b11-9-/t12-,14-,15?/m1/s1. The molecule has 0 aromatic rings. The highest BCUT2D eigenvalue weighted by molar-refractivity contribution is 6.70. The van der Waals surface area contributed by atoms with Crippen LogP contribution in [0.5, 0.6) is 0 Å². The third-order valence-corrected chi connectivity index (χ3v) is 4.98. The average Bonchev–Trinajstić information content (AvgIpc) is 2.71. The van der Waals surface area contributed by atoms with Crippen molar-refractivity contribution in [2.45, 2.75) is 64.7 Å². The predicted molar refractivity (Wildman–Crippen MR) is 100 cm³/mol. The van der Waals surface area contributed by atoms with Crippen molar-refractivity contribution in [3.05, 3.63) is 22.1 Å². The van der Waals surface area contributed by atoms with Crippen LogP contribution in [0.2, 0.25) is 39.3 Å². The molecule has 0 spiro atoms. The lowest BCUT2D eigenvalue weighted by molar-refractivity contribution is -0.137. The van der Waals surface area contributed by atoms with E-state index in [9.17, 15) is 4.79 Å². The molecule has 0 amide bonds. The monoisotopic (exact) mass is 387 g/mol. The summed E-state index contributed by atoms with van der Waals surface area (Å²) < 4.78 is 23.4. The van der Waals surface area contributed by atoms with E-state index in [2.05, 4.69) is 49.3 Å². The normalized spacial score (nSPS) is 25.7. The number of hydrogen-bond acceptors (Lipinski definition) is 6. The summed E-state index contributed by atoms with van der Waals surface area (Å²) in [5.74, 6) is -0.468. The van der Waals surface area contributed by atoms with E-state index in [4.69, 9.17) is 23.9 Å². The molecule has 1 aliphatic heterocycles. The maximum Gasteiger partial charge on any atom is 0.330 e. The Morgan fingerprint density at radius 1 is 1.24 bits per heavy atom. The van der Waals surface area contributed by atoms with Gasteiger partial charge in [-0.3, -0.25) is 0 Å².